The molecule has 152 valence electrons. The first-order valence-corrected chi connectivity index (χ1v) is 10.3. The van der Waals surface area contributed by atoms with Crippen LogP contribution in [-0.2, 0) is 12.6 Å². The third kappa shape index (κ3) is 5.29. The van der Waals surface area contributed by atoms with Crippen LogP contribution >= 0.6 is 11.8 Å². The van der Waals surface area contributed by atoms with Crippen molar-refractivity contribution in [3.05, 3.63) is 71.9 Å². The van der Waals surface area contributed by atoms with E-state index >= 15 is 0 Å². The summed E-state index contributed by atoms with van der Waals surface area (Å²) in [5.74, 6) is 0.252. The van der Waals surface area contributed by atoms with E-state index in [1.54, 1.807) is 24.3 Å². The molecular weight excluding hydrogens is 395 g/mol. The molecule has 7 heteroatoms. The minimum absolute atomic E-state index is 0.102. The minimum Gasteiger partial charge on any atom is -0.311 e. The third-order valence-electron chi connectivity index (χ3n) is 4.35. The summed E-state index contributed by atoms with van der Waals surface area (Å²) in [6.45, 7) is 4.58. The Balaban J connectivity index is 1.98. The summed E-state index contributed by atoms with van der Waals surface area (Å²) in [7, 11) is 0. The van der Waals surface area contributed by atoms with Crippen molar-refractivity contribution < 1.29 is 13.2 Å². The Labute approximate surface area is 173 Å². The number of rotatable bonds is 7. The summed E-state index contributed by atoms with van der Waals surface area (Å²) in [6, 6.07) is 16.9. The minimum atomic E-state index is -4.52. The first-order chi connectivity index (χ1) is 13.9. The third-order valence-corrected chi connectivity index (χ3v) is 5.36. The van der Waals surface area contributed by atoms with E-state index < -0.39 is 11.7 Å². The van der Waals surface area contributed by atoms with Gasteiger partial charge in [0.25, 0.3) is 0 Å². The summed E-state index contributed by atoms with van der Waals surface area (Å²) in [6.07, 6.45) is -1.60. The second-order valence-electron chi connectivity index (χ2n) is 6.46. The molecule has 3 nitrogen and oxygen atoms in total. The van der Waals surface area contributed by atoms with Crippen molar-refractivity contribution in [2.45, 2.75) is 42.8 Å². The average Bonchev–Trinajstić information content (AvgIpc) is 2.70. The molecule has 0 spiro atoms. The van der Waals surface area contributed by atoms with E-state index in [0.717, 1.165) is 36.5 Å². The lowest BCUT2D eigenvalue weighted by Crippen LogP contribution is -2.20. The van der Waals surface area contributed by atoms with Gasteiger partial charge in [0.15, 0.2) is 0 Å². The van der Waals surface area contributed by atoms with E-state index in [-0.39, 0.29) is 11.0 Å². The zero-order valence-corrected chi connectivity index (χ0v) is 17.1. The molecule has 0 atom stereocenters. The Morgan fingerprint density at radius 1 is 0.966 bits per heavy atom. The summed E-state index contributed by atoms with van der Waals surface area (Å²) >= 11 is 0.990. The highest BCUT2D eigenvalue weighted by molar-refractivity contribution is 7.99. The van der Waals surface area contributed by atoms with Crippen LogP contribution in [0.3, 0.4) is 0 Å². The average molecular weight is 418 g/mol. The van der Waals surface area contributed by atoms with Crippen LogP contribution in [0.4, 0.5) is 24.8 Å². The predicted molar refractivity (Wildman–Crippen MR) is 111 cm³/mol. The second kappa shape index (κ2) is 9.31. The Kier molecular flexibility index (Phi) is 6.79. The van der Waals surface area contributed by atoms with Crippen molar-refractivity contribution in [1.29, 1.82) is 0 Å². The van der Waals surface area contributed by atoms with Gasteiger partial charge in [-0.3, -0.25) is 0 Å². The standard InChI is InChI=1S/C22H22F3N3S/c1-3-8-16-11-13-17(14-12-16)28(4-2)21-26-15-19(22(23,24)25)20(27-21)29-18-9-6-5-7-10-18/h5-7,9-15H,3-4,8H2,1-2H3. The number of nitrogens with zero attached hydrogens (tertiary/aromatic N) is 3. The number of alkyl halides is 3. The smallest absolute Gasteiger partial charge is 0.311 e. The molecule has 0 amide bonds. The van der Waals surface area contributed by atoms with Gasteiger partial charge in [-0.15, -0.1) is 0 Å². The van der Waals surface area contributed by atoms with Crippen molar-refractivity contribution in [3.63, 3.8) is 0 Å². The van der Waals surface area contributed by atoms with Crippen LogP contribution < -0.4 is 4.90 Å². The number of hydrogen-bond donors (Lipinski definition) is 0. The van der Waals surface area contributed by atoms with Gasteiger partial charge in [0, 0.05) is 23.3 Å². The lowest BCUT2D eigenvalue weighted by molar-refractivity contribution is -0.140. The molecule has 0 bridgehead atoms. The fraction of sp³-hybridized carbons (Fsp3) is 0.273. The van der Waals surface area contributed by atoms with Gasteiger partial charge in [-0.05, 0) is 43.2 Å². The van der Waals surface area contributed by atoms with Crippen molar-refractivity contribution in [3.8, 4) is 0 Å². The van der Waals surface area contributed by atoms with Gasteiger partial charge in [-0.1, -0.05) is 55.4 Å². The number of hydrogen-bond acceptors (Lipinski definition) is 4. The SMILES string of the molecule is CCCc1ccc(N(CC)c2ncc(C(F)(F)F)c(Sc3ccccc3)n2)cc1. The largest absolute Gasteiger partial charge is 0.420 e. The molecule has 0 saturated heterocycles. The highest BCUT2D eigenvalue weighted by Crippen LogP contribution is 2.39. The van der Waals surface area contributed by atoms with E-state index in [4.69, 9.17) is 0 Å². The maximum absolute atomic E-state index is 13.5. The van der Waals surface area contributed by atoms with Crippen LogP contribution in [0.15, 0.2) is 70.7 Å². The van der Waals surface area contributed by atoms with Gasteiger partial charge < -0.3 is 4.90 Å². The monoisotopic (exact) mass is 417 g/mol. The van der Waals surface area contributed by atoms with Gasteiger partial charge in [0.1, 0.15) is 10.6 Å². The first-order valence-electron chi connectivity index (χ1n) is 9.46. The van der Waals surface area contributed by atoms with Crippen LogP contribution in [-0.4, -0.2) is 16.5 Å². The molecular formula is C22H22F3N3S. The fourth-order valence-corrected chi connectivity index (χ4v) is 3.85. The van der Waals surface area contributed by atoms with E-state index in [1.807, 2.05) is 42.2 Å². The van der Waals surface area contributed by atoms with E-state index in [1.165, 1.54) is 5.56 Å². The summed E-state index contributed by atoms with van der Waals surface area (Å²) in [4.78, 5) is 10.8. The molecule has 0 unspecified atom stereocenters. The van der Waals surface area contributed by atoms with Crippen LogP contribution in [0.25, 0.3) is 0 Å². The lowest BCUT2D eigenvalue weighted by Gasteiger charge is -2.22. The number of anilines is 2. The number of benzene rings is 2. The zero-order valence-electron chi connectivity index (χ0n) is 16.3. The van der Waals surface area contributed by atoms with Gasteiger partial charge >= 0.3 is 6.18 Å². The molecule has 3 rings (SSSR count). The summed E-state index contributed by atoms with van der Waals surface area (Å²) < 4.78 is 40.5. The van der Waals surface area contributed by atoms with E-state index in [2.05, 4.69) is 16.9 Å². The van der Waals surface area contributed by atoms with E-state index in [9.17, 15) is 13.2 Å². The Morgan fingerprint density at radius 2 is 1.66 bits per heavy atom. The van der Waals surface area contributed by atoms with Crippen LogP contribution in [0.1, 0.15) is 31.4 Å². The molecule has 1 heterocycles. The molecule has 0 N–H and O–H groups in total. The fourth-order valence-electron chi connectivity index (χ4n) is 2.93. The summed E-state index contributed by atoms with van der Waals surface area (Å²) in [5, 5.41) is -0.102. The van der Waals surface area contributed by atoms with Crippen LogP contribution in [0.2, 0.25) is 0 Å². The summed E-state index contributed by atoms with van der Waals surface area (Å²) in [5.41, 5.74) is 1.24. The molecule has 2 aromatic carbocycles. The maximum Gasteiger partial charge on any atom is 0.420 e. The Bertz CT molecular complexity index is 928. The van der Waals surface area contributed by atoms with Crippen molar-refractivity contribution in [2.24, 2.45) is 0 Å². The lowest BCUT2D eigenvalue weighted by atomic mass is 10.1. The molecule has 0 radical (unpaired) electrons. The molecule has 0 saturated carbocycles. The molecule has 3 aromatic rings. The molecule has 0 aliphatic heterocycles. The second-order valence-corrected chi connectivity index (χ2v) is 7.52. The van der Waals surface area contributed by atoms with E-state index in [0.29, 0.717) is 11.4 Å². The van der Waals surface area contributed by atoms with Crippen LogP contribution in [0.5, 0.6) is 0 Å². The van der Waals surface area contributed by atoms with Crippen molar-refractivity contribution >= 4 is 23.4 Å². The number of aromatic nitrogens is 2. The molecule has 1 aromatic heterocycles. The molecule has 29 heavy (non-hydrogen) atoms. The van der Waals surface area contributed by atoms with Gasteiger partial charge in [-0.25, -0.2) is 9.97 Å². The topological polar surface area (TPSA) is 29.0 Å². The first kappa shape index (κ1) is 21.2. The highest BCUT2D eigenvalue weighted by atomic mass is 32.2. The Morgan fingerprint density at radius 3 is 2.24 bits per heavy atom. The maximum atomic E-state index is 13.5. The quantitative estimate of drug-likeness (QED) is 0.397. The number of halogens is 3. The molecule has 0 aliphatic carbocycles. The van der Waals surface area contributed by atoms with Crippen molar-refractivity contribution in [2.75, 3.05) is 11.4 Å². The van der Waals surface area contributed by atoms with Gasteiger partial charge in [-0.2, -0.15) is 13.2 Å². The van der Waals surface area contributed by atoms with Gasteiger partial charge in [0.2, 0.25) is 5.95 Å². The predicted octanol–water partition coefficient (Wildman–Crippen LogP) is 6.76. The Hall–Kier alpha value is -2.54. The van der Waals surface area contributed by atoms with Crippen molar-refractivity contribution in [1.82, 2.24) is 9.97 Å². The van der Waals surface area contributed by atoms with Crippen LogP contribution in [0, 0.1) is 0 Å². The molecule has 0 fully saturated rings. The number of aryl methyl sites for hydroxylation is 1. The normalized spacial score (nSPS) is 11.5. The van der Waals surface area contributed by atoms with Gasteiger partial charge in [0.05, 0.1) is 0 Å². The highest BCUT2D eigenvalue weighted by Gasteiger charge is 2.35. The zero-order chi connectivity index (χ0) is 20.9. The molecule has 0 aliphatic rings.